The Morgan fingerprint density at radius 1 is 0.857 bits per heavy atom. The van der Waals surface area contributed by atoms with Crippen molar-refractivity contribution in [2.75, 3.05) is 13.1 Å². The molecule has 0 aromatic rings. The van der Waals surface area contributed by atoms with Gasteiger partial charge in [-0.2, -0.15) is 0 Å². The maximum Gasteiger partial charge on any atom is 0.0274 e. The highest BCUT2D eigenvalue weighted by molar-refractivity contribution is 8.77. The van der Waals surface area contributed by atoms with Crippen LogP contribution in [0.2, 0.25) is 0 Å². The lowest BCUT2D eigenvalue weighted by Crippen LogP contribution is -2.19. The zero-order chi connectivity index (χ0) is 10.8. The highest BCUT2D eigenvalue weighted by atomic mass is 33.1. The van der Waals surface area contributed by atoms with E-state index in [4.69, 9.17) is 11.5 Å². The van der Waals surface area contributed by atoms with Crippen molar-refractivity contribution in [3.63, 3.8) is 0 Å². The lowest BCUT2D eigenvalue weighted by molar-refractivity contribution is 0.742. The molecule has 0 spiro atoms. The SMILES string of the molecule is CCCC(CN)SSC(CN)CCC. The van der Waals surface area contributed by atoms with Crippen LogP contribution >= 0.6 is 21.6 Å². The lowest BCUT2D eigenvalue weighted by Gasteiger charge is -2.17. The molecule has 4 heteroatoms. The molecule has 0 saturated heterocycles. The predicted molar refractivity (Wildman–Crippen MR) is 70.7 cm³/mol. The van der Waals surface area contributed by atoms with E-state index < -0.39 is 0 Å². The van der Waals surface area contributed by atoms with E-state index in [1.54, 1.807) is 0 Å². The summed E-state index contributed by atoms with van der Waals surface area (Å²) in [5, 5.41) is 1.21. The Morgan fingerprint density at radius 3 is 1.43 bits per heavy atom. The van der Waals surface area contributed by atoms with E-state index in [9.17, 15) is 0 Å². The van der Waals surface area contributed by atoms with Gasteiger partial charge in [0, 0.05) is 23.6 Å². The normalized spacial score (nSPS) is 15.4. The number of hydrogen-bond acceptors (Lipinski definition) is 4. The van der Waals surface area contributed by atoms with Gasteiger partial charge < -0.3 is 11.5 Å². The Kier molecular flexibility index (Phi) is 10.6. The summed E-state index contributed by atoms with van der Waals surface area (Å²) in [7, 11) is 3.86. The van der Waals surface area contributed by atoms with E-state index >= 15 is 0 Å². The first-order chi connectivity index (χ1) is 6.78. The maximum absolute atomic E-state index is 5.70. The molecule has 0 amide bonds. The van der Waals surface area contributed by atoms with Crippen LogP contribution in [0.4, 0.5) is 0 Å². The van der Waals surface area contributed by atoms with E-state index in [1.807, 2.05) is 21.6 Å². The van der Waals surface area contributed by atoms with Crippen LogP contribution in [-0.4, -0.2) is 23.6 Å². The molecule has 14 heavy (non-hydrogen) atoms. The van der Waals surface area contributed by atoms with Crippen molar-refractivity contribution in [3.8, 4) is 0 Å². The van der Waals surface area contributed by atoms with Gasteiger partial charge in [0.2, 0.25) is 0 Å². The summed E-state index contributed by atoms with van der Waals surface area (Å²) in [6.45, 7) is 5.99. The average molecular weight is 236 g/mol. The van der Waals surface area contributed by atoms with Crippen LogP contribution in [-0.2, 0) is 0 Å². The van der Waals surface area contributed by atoms with Crippen molar-refractivity contribution in [3.05, 3.63) is 0 Å². The molecule has 0 radical (unpaired) electrons. The van der Waals surface area contributed by atoms with E-state index in [2.05, 4.69) is 13.8 Å². The topological polar surface area (TPSA) is 52.0 Å². The molecule has 0 aliphatic rings. The first-order valence-corrected chi connectivity index (χ1v) is 7.78. The van der Waals surface area contributed by atoms with Crippen LogP contribution < -0.4 is 11.5 Å². The van der Waals surface area contributed by atoms with Crippen LogP contribution in [0, 0.1) is 0 Å². The van der Waals surface area contributed by atoms with Crippen LogP contribution in [0.3, 0.4) is 0 Å². The summed E-state index contributed by atoms with van der Waals surface area (Å²) >= 11 is 0. The molecule has 0 aliphatic heterocycles. The molecule has 2 atom stereocenters. The van der Waals surface area contributed by atoms with Crippen molar-refractivity contribution in [1.29, 1.82) is 0 Å². The fraction of sp³-hybridized carbons (Fsp3) is 1.00. The summed E-state index contributed by atoms with van der Waals surface area (Å²) in [5.74, 6) is 0. The van der Waals surface area contributed by atoms with Gasteiger partial charge in [0.15, 0.2) is 0 Å². The zero-order valence-corrected chi connectivity index (χ0v) is 11.0. The monoisotopic (exact) mass is 236 g/mol. The van der Waals surface area contributed by atoms with E-state index in [-0.39, 0.29) is 0 Å². The smallest absolute Gasteiger partial charge is 0.0274 e. The van der Waals surface area contributed by atoms with Gasteiger partial charge in [-0.05, 0) is 12.8 Å². The Morgan fingerprint density at radius 2 is 1.21 bits per heavy atom. The second-order valence-corrected chi connectivity index (χ2v) is 6.36. The summed E-state index contributed by atoms with van der Waals surface area (Å²) in [4.78, 5) is 0. The van der Waals surface area contributed by atoms with Gasteiger partial charge in [0.1, 0.15) is 0 Å². The van der Waals surface area contributed by atoms with Crippen LogP contribution in [0.25, 0.3) is 0 Å². The number of nitrogens with two attached hydrogens (primary N) is 2. The van der Waals surface area contributed by atoms with Crippen molar-refractivity contribution in [1.82, 2.24) is 0 Å². The van der Waals surface area contributed by atoms with Crippen molar-refractivity contribution in [2.45, 2.75) is 50.0 Å². The summed E-state index contributed by atoms with van der Waals surface area (Å²) in [6, 6.07) is 0. The third-order valence-corrected chi connectivity index (χ3v) is 5.55. The Labute approximate surface area is 96.3 Å². The molecular formula is C10H24N2S2. The quantitative estimate of drug-likeness (QED) is 0.604. The Balaban J connectivity index is 3.63. The van der Waals surface area contributed by atoms with Gasteiger partial charge in [-0.15, -0.1) is 0 Å². The zero-order valence-electron chi connectivity index (χ0n) is 9.37. The largest absolute Gasteiger partial charge is 0.329 e. The number of rotatable bonds is 9. The van der Waals surface area contributed by atoms with Gasteiger partial charge in [0.05, 0.1) is 0 Å². The van der Waals surface area contributed by atoms with E-state index in [0.717, 1.165) is 13.1 Å². The lowest BCUT2D eigenvalue weighted by atomic mass is 10.2. The molecule has 0 aromatic heterocycles. The van der Waals surface area contributed by atoms with Crippen LogP contribution in [0.1, 0.15) is 39.5 Å². The molecule has 86 valence electrons. The van der Waals surface area contributed by atoms with Crippen molar-refractivity contribution in [2.24, 2.45) is 11.5 Å². The fourth-order valence-corrected chi connectivity index (χ4v) is 4.34. The van der Waals surface area contributed by atoms with Gasteiger partial charge in [-0.3, -0.25) is 0 Å². The highest BCUT2D eigenvalue weighted by Crippen LogP contribution is 2.34. The Hall–Kier alpha value is 0.620. The summed E-state index contributed by atoms with van der Waals surface area (Å²) < 4.78 is 0. The van der Waals surface area contributed by atoms with Gasteiger partial charge >= 0.3 is 0 Å². The minimum absolute atomic E-state index is 0.607. The van der Waals surface area contributed by atoms with Gasteiger partial charge in [-0.25, -0.2) is 0 Å². The fourth-order valence-electron chi connectivity index (χ4n) is 1.21. The van der Waals surface area contributed by atoms with Crippen LogP contribution in [0.15, 0.2) is 0 Å². The molecule has 2 nitrogen and oxygen atoms in total. The molecule has 4 N–H and O–H groups in total. The predicted octanol–water partition coefficient (Wildman–Crippen LogP) is 2.62. The molecular weight excluding hydrogens is 212 g/mol. The molecule has 0 aliphatic carbocycles. The van der Waals surface area contributed by atoms with E-state index in [0.29, 0.717) is 10.5 Å². The summed E-state index contributed by atoms with van der Waals surface area (Å²) in [6.07, 6.45) is 4.88. The van der Waals surface area contributed by atoms with Gasteiger partial charge in [-0.1, -0.05) is 48.3 Å². The molecule has 0 fully saturated rings. The molecule has 0 heterocycles. The van der Waals surface area contributed by atoms with Crippen molar-refractivity contribution >= 4 is 21.6 Å². The third kappa shape index (κ3) is 6.98. The number of hydrogen-bond donors (Lipinski definition) is 2. The molecule has 0 saturated carbocycles. The first kappa shape index (κ1) is 14.6. The minimum atomic E-state index is 0.607. The first-order valence-electron chi connectivity index (χ1n) is 5.50. The molecule has 0 rings (SSSR count). The highest BCUT2D eigenvalue weighted by Gasteiger charge is 2.11. The second kappa shape index (κ2) is 10.1. The molecule has 0 bridgehead atoms. The average Bonchev–Trinajstić information content (AvgIpc) is 2.22. The van der Waals surface area contributed by atoms with Gasteiger partial charge in [0.25, 0.3) is 0 Å². The maximum atomic E-state index is 5.70. The van der Waals surface area contributed by atoms with Crippen molar-refractivity contribution < 1.29 is 0 Å². The minimum Gasteiger partial charge on any atom is -0.329 e. The summed E-state index contributed by atoms with van der Waals surface area (Å²) in [5.41, 5.74) is 11.4. The second-order valence-electron chi connectivity index (χ2n) is 3.49. The van der Waals surface area contributed by atoms with Crippen LogP contribution in [0.5, 0.6) is 0 Å². The third-order valence-electron chi connectivity index (χ3n) is 2.07. The Bertz CT molecular complexity index is 109. The molecule has 0 aromatic carbocycles. The van der Waals surface area contributed by atoms with E-state index in [1.165, 1.54) is 25.7 Å². The standard InChI is InChI=1S/C10H24N2S2/c1-3-5-9(7-11)13-14-10(8-12)6-4-2/h9-10H,3-8,11-12H2,1-2H3. The molecule has 2 unspecified atom stereocenters.